The van der Waals surface area contributed by atoms with Gasteiger partial charge in [-0.05, 0) is 30.5 Å². The molecule has 2 aromatic carbocycles. The number of hydrogen-bond donors (Lipinski definition) is 1. The molecule has 2 amide bonds. The standard InChI is InChI=1S/C21H23F3N4O3/c22-21(23,24)17-8-9-18(19(15-17)28(30)31)26-11-13-27(14-12-26)20(29)25-10-4-7-16-5-2-1-3-6-16/h1-3,5-6,8-9,15H,4,7,10-14H2,(H,25,29). The lowest BCUT2D eigenvalue weighted by Crippen LogP contribution is -2.52. The SMILES string of the molecule is O=C(NCCCc1ccccc1)N1CCN(c2ccc(C(F)(F)F)cc2[N+](=O)[O-])CC1. The molecule has 0 spiro atoms. The monoisotopic (exact) mass is 436 g/mol. The van der Waals surface area contributed by atoms with Crippen LogP contribution in [-0.2, 0) is 12.6 Å². The molecule has 7 nitrogen and oxygen atoms in total. The highest BCUT2D eigenvalue weighted by molar-refractivity contribution is 5.75. The Labute approximate surface area is 177 Å². The molecule has 2 aromatic rings. The van der Waals surface area contributed by atoms with Gasteiger partial charge in [-0.15, -0.1) is 0 Å². The maximum atomic E-state index is 12.9. The van der Waals surface area contributed by atoms with E-state index < -0.39 is 22.4 Å². The summed E-state index contributed by atoms with van der Waals surface area (Å²) in [5, 5.41) is 14.2. The van der Waals surface area contributed by atoms with Crippen LogP contribution < -0.4 is 10.2 Å². The number of anilines is 1. The first-order chi connectivity index (χ1) is 14.8. The Morgan fingerprint density at radius 3 is 2.35 bits per heavy atom. The number of aryl methyl sites for hydroxylation is 1. The molecule has 1 aliphatic heterocycles. The van der Waals surface area contributed by atoms with Crippen LogP contribution in [0.2, 0.25) is 0 Å². The van der Waals surface area contributed by atoms with Gasteiger partial charge in [0.2, 0.25) is 0 Å². The molecule has 1 heterocycles. The summed E-state index contributed by atoms with van der Waals surface area (Å²) in [5.74, 6) is 0. The molecule has 1 aliphatic rings. The number of halogens is 3. The molecule has 0 bridgehead atoms. The van der Waals surface area contributed by atoms with E-state index in [1.54, 1.807) is 9.80 Å². The second kappa shape index (κ2) is 9.67. The number of hydrogen-bond acceptors (Lipinski definition) is 4. The van der Waals surface area contributed by atoms with Gasteiger partial charge in [0.15, 0.2) is 0 Å². The number of nitrogens with one attached hydrogen (secondary N) is 1. The molecule has 0 aromatic heterocycles. The summed E-state index contributed by atoms with van der Waals surface area (Å²) in [4.78, 5) is 26.1. The molecule has 1 N–H and O–H groups in total. The minimum absolute atomic E-state index is 0.126. The zero-order valence-electron chi connectivity index (χ0n) is 16.8. The van der Waals surface area contributed by atoms with Crippen molar-refractivity contribution in [3.8, 4) is 0 Å². The van der Waals surface area contributed by atoms with Gasteiger partial charge in [0.25, 0.3) is 5.69 Å². The number of rotatable bonds is 6. The second-order valence-corrected chi connectivity index (χ2v) is 7.25. The number of nitrogens with zero attached hydrogens (tertiary/aromatic N) is 3. The number of nitro benzene ring substituents is 1. The van der Waals surface area contributed by atoms with Crippen LogP contribution in [-0.4, -0.2) is 48.6 Å². The van der Waals surface area contributed by atoms with E-state index >= 15 is 0 Å². The fraction of sp³-hybridized carbons (Fsp3) is 0.381. The number of benzene rings is 2. The highest BCUT2D eigenvalue weighted by atomic mass is 19.4. The van der Waals surface area contributed by atoms with E-state index in [0.717, 1.165) is 25.0 Å². The van der Waals surface area contributed by atoms with E-state index in [1.165, 1.54) is 5.56 Å². The second-order valence-electron chi connectivity index (χ2n) is 7.25. The van der Waals surface area contributed by atoms with Crippen molar-refractivity contribution in [1.82, 2.24) is 10.2 Å². The molecule has 0 saturated carbocycles. The molecular formula is C21H23F3N4O3. The van der Waals surface area contributed by atoms with Gasteiger partial charge in [-0.1, -0.05) is 30.3 Å². The van der Waals surface area contributed by atoms with Crippen LogP contribution in [0.3, 0.4) is 0 Å². The smallest absolute Gasteiger partial charge is 0.362 e. The van der Waals surface area contributed by atoms with Gasteiger partial charge in [0, 0.05) is 38.8 Å². The molecule has 3 rings (SSSR count). The van der Waals surface area contributed by atoms with Crippen LogP contribution in [0.1, 0.15) is 17.5 Å². The van der Waals surface area contributed by atoms with Crippen LogP contribution in [0.5, 0.6) is 0 Å². The lowest BCUT2D eigenvalue weighted by molar-refractivity contribution is -0.384. The van der Waals surface area contributed by atoms with Crippen molar-refractivity contribution in [1.29, 1.82) is 0 Å². The van der Waals surface area contributed by atoms with Gasteiger partial charge in [-0.25, -0.2) is 4.79 Å². The summed E-state index contributed by atoms with van der Waals surface area (Å²) in [6.07, 6.45) is -3.00. The summed E-state index contributed by atoms with van der Waals surface area (Å²) in [6, 6.07) is 12.3. The van der Waals surface area contributed by atoms with Crippen LogP contribution in [0.25, 0.3) is 0 Å². The maximum absolute atomic E-state index is 12.9. The zero-order chi connectivity index (χ0) is 22.4. The van der Waals surface area contributed by atoms with E-state index in [2.05, 4.69) is 5.32 Å². The molecule has 0 aliphatic carbocycles. The Kier molecular flexibility index (Phi) is 6.98. The Morgan fingerprint density at radius 1 is 1.06 bits per heavy atom. The first kappa shape index (κ1) is 22.4. The van der Waals surface area contributed by atoms with Crippen molar-refractivity contribution in [2.24, 2.45) is 0 Å². The molecule has 0 radical (unpaired) electrons. The zero-order valence-corrected chi connectivity index (χ0v) is 16.8. The lowest BCUT2D eigenvalue weighted by Gasteiger charge is -2.35. The number of piperazine rings is 1. The molecule has 1 fully saturated rings. The number of alkyl halides is 3. The van der Waals surface area contributed by atoms with Crippen LogP contribution in [0.4, 0.5) is 29.3 Å². The Hall–Kier alpha value is -3.30. The predicted molar refractivity (Wildman–Crippen MR) is 110 cm³/mol. The largest absolute Gasteiger partial charge is 0.416 e. The quantitative estimate of drug-likeness (QED) is 0.421. The summed E-state index contributed by atoms with van der Waals surface area (Å²) >= 11 is 0. The van der Waals surface area contributed by atoms with E-state index in [4.69, 9.17) is 0 Å². The Bertz CT molecular complexity index is 914. The Morgan fingerprint density at radius 2 is 1.74 bits per heavy atom. The number of nitro groups is 1. The first-order valence-corrected chi connectivity index (χ1v) is 9.93. The summed E-state index contributed by atoms with van der Waals surface area (Å²) in [6.45, 7) is 1.76. The topological polar surface area (TPSA) is 78.7 Å². The molecule has 1 saturated heterocycles. The van der Waals surface area contributed by atoms with E-state index in [-0.39, 0.29) is 11.7 Å². The van der Waals surface area contributed by atoms with E-state index in [1.807, 2.05) is 30.3 Å². The minimum atomic E-state index is -4.65. The molecule has 10 heteroatoms. The number of carbonyl (C=O) groups is 1. The normalized spacial score (nSPS) is 14.4. The molecule has 0 unspecified atom stereocenters. The van der Waals surface area contributed by atoms with Gasteiger partial charge in [0.1, 0.15) is 5.69 Å². The highest BCUT2D eigenvalue weighted by Gasteiger charge is 2.34. The summed E-state index contributed by atoms with van der Waals surface area (Å²) in [5.41, 5.74) is -0.325. The fourth-order valence-corrected chi connectivity index (χ4v) is 3.51. The fourth-order valence-electron chi connectivity index (χ4n) is 3.51. The third-order valence-corrected chi connectivity index (χ3v) is 5.17. The van der Waals surface area contributed by atoms with Crippen molar-refractivity contribution >= 4 is 17.4 Å². The number of carbonyl (C=O) groups excluding carboxylic acids is 1. The maximum Gasteiger partial charge on any atom is 0.416 e. The third kappa shape index (κ3) is 5.87. The average molecular weight is 436 g/mol. The number of urea groups is 1. The number of amides is 2. The molecular weight excluding hydrogens is 413 g/mol. The van der Waals surface area contributed by atoms with E-state index in [0.29, 0.717) is 38.8 Å². The van der Waals surface area contributed by atoms with E-state index in [9.17, 15) is 28.1 Å². The molecule has 31 heavy (non-hydrogen) atoms. The van der Waals surface area contributed by atoms with Gasteiger partial charge in [0.05, 0.1) is 10.5 Å². The summed E-state index contributed by atoms with van der Waals surface area (Å²) in [7, 11) is 0. The van der Waals surface area contributed by atoms with Crippen LogP contribution in [0.15, 0.2) is 48.5 Å². The molecule has 166 valence electrons. The third-order valence-electron chi connectivity index (χ3n) is 5.17. The highest BCUT2D eigenvalue weighted by Crippen LogP contribution is 2.36. The van der Waals surface area contributed by atoms with Crippen molar-refractivity contribution in [2.75, 3.05) is 37.6 Å². The van der Waals surface area contributed by atoms with Crippen molar-refractivity contribution < 1.29 is 22.9 Å². The van der Waals surface area contributed by atoms with Gasteiger partial charge < -0.3 is 15.1 Å². The van der Waals surface area contributed by atoms with Crippen LogP contribution >= 0.6 is 0 Å². The van der Waals surface area contributed by atoms with Gasteiger partial charge in [-0.2, -0.15) is 13.2 Å². The molecule has 0 atom stereocenters. The minimum Gasteiger partial charge on any atom is -0.362 e. The van der Waals surface area contributed by atoms with Gasteiger partial charge in [-0.3, -0.25) is 10.1 Å². The van der Waals surface area contributed by atoms with Crippen LogP contribution in [0, 0.1) is 10.1 Å². The first-order valence-electron chi connectivity index (χ1n) is 9.93. The van der Waals surface area contributed by atoms with Gasteiger partial charge >= 0.3 is 12.2 Å². The lowest BCUT2D eigenvalue weighted by atomic mass is 10.1. The van der Waals surface area contributed by atoms with Crippen molar-refractivity contribution in [3.05, 3.63) is 69.8 Å². The predicted octanol–water partition coefficient (Wildman–Crippen LogP) is 4.08. The van der Waals surface area contributed by atoms with Crippen molar-refractivity contribution in [3.63, 3.8) is 0 Å². The van der Waals surface area contributed by atoms with Crippen molar-refractivity contribution in [2.45, 2.75) is 19.0 Å². The Balaban J connectivity index is 1.52. The average Bonchev–Trinajstić information content (AvgIpc) is 2.76. The summed E-state index contributed by atoms with van der Waals surface area (Å²) < 4.78 is 38.6.